The maximum atomic E-state index is 12.9. The van der Waals surface area contributed by atoms with E-state index in [1.165, 1.54) is 4.90 Å². The van der Waals surface area contributed by atoms with Crippen molar-refractivity contribution in [1.29, 1.82) is 0 Å². The highest BCUT2D eigenvalue weighted by atomic mass is 35.5. The highest BCUT2D eigenvalue weighted by Gasteiger charge is 2.33. The Hall–Kier alpha value is -2.08. The van der Waals surface area contributed by atoms with Crippen LogP contribution in [0.3, 0.4) is 0 Å². The number of carbonyl (C=O) groups is 3. The lowest BCUT2D eigenvalue weighted by atomic mass is 9.84. The maximum absolute atomic E-state index is 12.9. The van der Waals surface area contributed by atoms with Crippen LogP contribution in [-0.4, -0.2) is 53.8 Å². The number of benzene rings is 1. The molecule has 2 rings (SSSR count). The Morgan fingerprint density at radius 3 is 2.57 bits per heavy atom. The Morgan fingerprint density at radius 1 is 1.27 bits per heavy atom. The third kappa shape index (κ3) is 7.01. The molecule has 1 aliphatic heterocycles. The van der Waals surface area contributed by atoms with Gasteiger partial charge >= 0.3 is 0 Å². The Bertz CT molecular complexity index is 775. The Morgan fingerprint density at radius 2 is 1.97 bits per heavy atom. The van der Waals surface area contributed by atoms with Crippen molar-refractivity contribution in [1.82, 2.24) is 9.80 Å². The summed E-state index contributed by atoms with van der Waals surface area (Å²) in [5.41, 5.74) is 0.824. The lowest BCUT2D eigenvalue weighted by Gasteiger charge is -2.27. The van der Waals surface area contributed by atoms with Gasteiger partial charge in [0.2, 0.25) is 17.7 Å². The number of rotatable bonds is 8. The Balaban J connectivity index is 1.99. The van der Waals surface area contributed by atoms with Crippen LogP contribution in [0.2, 0.25) is 5.02 Å². The van der Waals surface area contributed by atoms with E-state index in [0.717, 1.165) is 12.8 Å². The van der Waals surface area contributed by atoms with Crippen LogP contribution in [0.4, 0.5) is 5.69 Å². The van der Waals surface area contributed by atoms with Crippen molar-refractivity contribution in [3.63, 3.8) is 0 Å². The molecule has 166 valence electrons. The van der Waals surface area contributed by atoms with Crippen LogP contribution in [-0.2, 0) is 14.4 Å². The van der Waals surface area contributed by atoms with Crippen molar-refractivity contribution in [3.05, 3.63) is 29.3 Å². The lowest BCUT2D eigenvalue weighted by Crippen LogP contribution is -2.43. The minimum atomic E-state index is -0.210. The summed E-state index contributed by atoms with van der Waals surface area (Å²) >= 11 is 6.03. The molecule has 1 atom stereocenters. The van der Waals surface area contributed by atoms with Crippen LogP contribution in [0.1, 0.15) is 53.9 Å². The summed E-state index contributed by atoms with van der Waals surface area (Å²) in [5, 5.41) is 0.536. The zero-order chi connectivity index (χ0) is 22.5. The third-order valence-electron chi connectivity index (χ3n) is 5.07. The molecule has 0 saturated carbocycles. The highest BCUT2D eigenvalue weighted by Crippen LogP contribution is 2.26. The largest absolute Gasteiger partial charge is 0.333 e. The van der Waals surface area contributed by atoms with Crippen LogP contribution >= 0.6 is 11.6 Å². The molecule has 1 aromatic carbocycles. The van der Waals surface area contributed by atoms with E-state index in [2.05, 4.69) is 27.7 Å². The number of hydrogen-bond donors (Lipinski definition) is 0. The van der Waals surface area contributed by atoms with Crippen molar-refractivity contribution in [3.8, 4) is 0 Å². The normalized spacial score (nSPS) is 15.5. The summed E-state index contributed by atoms with van der Waals surface area (Å²) in [5.74, 6) is -0.117. The molecule has 0 aromatic heterocycles. The van der Waals surface area contributed by atoms with Gasteiger partial charge in [-0.15, -0.1) is 0 Å². The van der Waals surface area contributed by atoms with Crippen LogP contribution < -0.4 is 4.90 Å². The second-order valence-corrected chi connectivity index (χ2v) is 9.86. The van der Waals surface area contributed by atoms with Gasteiger partial charge in [-0.3, -0.25) is 19.3 Å². The summed E-state index contributed by atoms with van der Waals surface area (Å²) in [6.07, 6.45) is 2.15. The van der Waals surface area contributed by atoms with Crippen LogP contribution in [0.5, 0.6) is 0 Å². The van der Waals surface area contributed by atoms with E-state index in [1.807, 2.05) is 6.92 Å². The van der Waals surface area contributed by atoms with Crippen LogP contribution in [0.25, 0.3) is 0 Å². The van der Waals surface area contributed by atoms with Gasteiger partial charge in [-0.05, 0) is 42.4 Å². The third-order valence-corrected chi connectivity index (χ3v) is 5.30. The molecule has 1 aromatic rings. The molecule has 0 N–H and O–H groups in total. The predicted molar refractivity (Wildman–Crippen MR) is 120 cm³/mol. The number of amides is 3. The molecular weight excluding hydrogens is 402 g/mol. The fourth-order valence-electron chi connectivity index (χ4n) is 3.95. The summed E-state index contributed by atoms with van der Waals surface area (Å²) in [6, 6.07) is 7.01. The van der Waals surface area contributed by atoms with E-state index in [0.29, 0.717) is 23.7 Å². The van der Waals surface area contributed by atoms with E-state index < -0.39 is 0 Å². The molecule has 0 spiro atoms. The summed E-state index contributed by atoms with van der Waals surface area (Å²) < 4.78 is 0. The molecule has 1 aliphatic rings. The summed E-state index contributed by atoms with van der Waals surface area (Å²) in [4.78, 5) is 42.8. The summed E-state index contributed by atoms with van der Waals surface area (Å²) in [7, 11) is 0. The van der Waals surface area contributed by atoms with Gasteiger partial charge in [0.1, 0.15) is 13.2 Å². The Labute approximate surface area is 185 Å². The fourth-order valence-corrected chi connectivity index (χ4v) is 4.14. The average Bonchev–Trinajstić information content (AvgIpc) is 3.01. The van der Waals surface area contributed by atoms with E-state index in [9.17, 15) is 14.4 Å². The van der Waals surface area contributed by atoms with Gasteiger partial charge in [-0.25, -0.2) is 0 Å². The van der Waals surface area contributed by atoms with E-state index >= 15 is 0 Å². The molecule has 7 heteroatoms. The second kappa shape index (κ2) is 10.3. The van der Waals surface area contributed by atoms with Gasteiger partial charge in [-0.1, -0.05) is 52.3 Å². The lowest BCUT2D eigenvalue weighted by molar-refractivity contribution is -0.140. The van der Waals surface area contributed by atoms with Crippen molar-refractivity contribution >= 4 is 35.0 Å². The van der Waals surface area contributed by atoms with Crippen molar-refractivity contribution < 1.29 is 14.4 Å². The van der Waals surface area contributed by atoms with E-state index in [-0.39, 0.29) is 48.8 Å². The molecular formula is C23H34ClN3O3. The standard InChI is InChI=1S/C23H34ClN3O3/c1-6-10-25(20(28)11-17(2)13-23(3,4)5)14-21(29)26-15-22(30)27(16-26)19-9-7-8-18(24)12-19/h7-9,12,17H,6,10-11,13-16H2,1-5H3. The number of nitrogens with zero attached hydrogens (tertiary/aromatic N) is 3. The molecule has 0 aliphatic carbocycles. The van der Waals surface area contributed by atoms with Gasteiger partial charge in [0.15, 0.2) is 0 Å². The number of hydrogen-bond acceptors (Lipinski definition) is 3. The van der Waals surface area contributed by atoms with Gasteiger partial charge < -0.3 is 9.80 Å². The average molecular weight is 436 g/mol. The van der Waals surface area contributed by atoms with Gasteiger partial charge in [0.05, 0.1) is 6.54 Å². The van der Waals surface area contributed by atoms with Gasteiger partial charge in [-0.2, -0.15) is 0 Å². The van der Waals surface area contributed by atoms with E-state index in [4.69, 9.17) is 11.6 Å². The molecule has 1 fully saturated rings. The number of carbonyl (C=O) groups excluding carboxylic acids is 3. The smallest absolute Gasteiger partial charge is 0.248 e. The monoisotopic (exact) mass is 435 g/mol. The van der Waals surface area contributed by atoms with Crippen molar-refractivity contribution in [2.45, 2.75) is 53.9 Å². The first-order valence-corrected chi connectivity index (χ1v) is 11.0. The van der Waals surface area contributed by atoms with E-state index in [1.54, 1.807) is 34.1 Å². The molecule has 0 bridgehead atoms. The topological polar surface area (TPSA) is 60.9 Å². The zero-order valence-electron chi connectivity index (χ0n) is 18.8. The molecule has 1 unspecified atom stereocenters. The van der Waals surface area contributed by atoms with Crippen molar-refractivity contribution in [2.24, 2.45) is 11.3 Å². The minimum absolute atomic E-state index is 0.000768. The molecule has 3 amide bonds. The molecule has 30 heavy (non-hydrogen) atoms. The number of anilines is 1. The molecule has 0 radical (unpaired) electrons. The first kappa shape index (κ1) is 24.2. The quantitative estimate of drug-likeness (QED) is 0.615. The highest BCUT2D eigenvalue weighted by molar-refractivity contribution is 6.31. The minimum Gasteiger partial charge on any atom is -0.333 e. The van der Waals surface area contributed by atoms with Crippen molar-refractivity contribution in [2.75, 3.05) is 31.2 Å². The zero-order valence-corrected chi connectivity index (χ0v) is 19.5. The molecule has 6 nitrogen and oxygen atoms in total. The first-order chi connectivity index (χ1) is 14.0. The summed E-state index contributed by atoms with van der Waals surface area (Å²) in [6.45, 7) is 11.3. The van der Waals surface area contributed by atoms with Gasteiger partial charge in [0.25, 0.3) is 0 Å². The SMILES string of the molecule is CCCN(CC(=O)N1CC(=O)N(c2cccc(Cl)c2)C1)C(=O)CC(C)CC(C)(C)C. The van der Waals surface area contributed by atoms with Crippen LogP contribution in [0.15, 0.2) is 24.3 Å². The van der Waals surface area contributed by atoms with Crippen LogP contribution in [0, 0.1) is 11.3 Å². The predicted octanol–water partition coefficient (Wildman–Crippen LogP) is 4.17. The second-order valence-electron chi connectivity index (χ2n) is 9.42. The van der Waals surface area contributed by atoms with Gasteiger partial charge in [0, 0.05) is 23.7 Å². The number of halogens is 1. The Kier molecular flexibility index (Phi) is 8.30. The molecule has 1 saturated heterocycles. The maximum Gasteiger partial charge on any atom is 0.248 e. The molecule has 1 heterocycles. The first-order valence-electron chi connectivity index (χ1n) is 10.6. The fraction of sp³-hybridized carbons (Fsp3) is 0.609.